The van der Waals surface area contributed by atoms with Crippen LogP contribution in [-0.4, -0.2) is 6.61 Å². The van der Waals surface area contributed by atoms with Gasteiger partial charge >= 0.3 is 6.61 Å². The third kappa shape index (κ3) is 3.27. The summed E-state index contributed by atoms with van der Waals surface area (Å²) in [4.78, 5) is 0. The van der Waals surface area contributed by atoms with Crippen LogP contribution in [0.25, 0.3) is 0 Å². The van der Waals surface area contributed by atoms with Gasteiger partial charge in [-0.05, 0) is 35.4 Å². The second-order valence-corrected chi connectivity index (χ2v) is 4.10. The molecule has 0 aliphatic rings. The van der Waals surface area contributed by atoms with E-state index in [1.165, 1.54) is 30.3 Å². The fraction of sp³-hybridized carbons (Fsp3) is 0.143. The van der Waals surface area contributed by atoms with Crippen molar-refractivity contribution in [3.63, 3.8) is 0 Å². The molecule has 0 radical (unpaired) electrons. The van der Waals surface area contributed by atoms with Gasteiger partial charge in [0.05, 0.1) is 6.04 Å². The van der Waals surface area contributed by atoms with Crippen LogP contribution in [0.4, 0.5) is 17.6 Å². The highest BCUT2D eigenvalue weighted by Crippen LogP contribution is 2.24. The normalized spacial score (nSPS) is 12.5. The SMILES string of the molecule is NC(c1ccc(OC(F)F)cc1)c1ccc(F)c(F)c1. The van der Waals surface area contributed by atoms with Crippen LogP contribution in [0.2, 0.25) is 0 Å². The lowest BCUT2D eigenvalue weighted by Gasteiger charge is -2.13. The van der Waals surface area contributed by atoms with Crippen molar-refractivity contribution in [3.8, 4) is 5.75 Å². The van der Waals surface area contributed by atoms with Crippen LogP contribution < -0.4 is 10.5 Å². The van der Waals surface area contributed by atoms with E-state index in [0.29, 0.717) is 11.1 Å². The quantitative estimate of drug-likeness (QED) is 0.871. The van der Waals surface area contributed by atoms with Crippen molar-refractivity contribution in [2.24, 2.45) is 5.73 Å². The highest BCUT2D eigenvalue weighted by Gasteiger charge is 2.12. The summed E-state index contributed by atoms with van der Waals surface area (Å²) in [7, 11) is 0. The maximum Gasteiger partial charge on any atom is 0.387 e. The zero-order valence-electron chi connectivity index (χ0n) is 10.2. The summed E-state index contributed by atoms with van der Waals surface area (Å²) < 4.78 is 54.2. The fourth-order valence-electron chi connectivity index (χ4n) is 1.75. The Bertz CT molecular complexity index is 586. The lowest BCUT2D eigenvalue weighted by atomic mass is 9.99. The Morgan fingerprint density at radius 1 is 0.850 bits per heavy atom. The second kappa shape index (κ2) is 5.92. The van der Waals surface area contributed by atoms with E-state index in [4.69, 9.17) is 5.73 Å². The molecule has 0 spiro atoms. The van der Waals surface area contributed by atoms with Crippen LogP contribution in [-0.2, 0) is 0 Å². The molecule has 0 heterocycles. The molecule has 2 aromatic rings. The van der Waals surface area contributed by atoms with Crippen molar-refractivity contribution in [2.45, 2.75) is 12.7 Å². The number of hydrogen-bond acceptors (Lipinski definition) is 2. The van der Waals surface area contributed by atoms with Crippen molar-refractivity contribution >= 4 is 0 Å². The third-order valence-electron chi connectivity index (χ3n) is 2.77. The van der Waals surface area contributed by atoms with Gasteiger partial charge in [0.1, 0.15) is 5.75 Å². The summed E-state index contributed by atoms with van der Waals surface area (Å²) in [5.74, 6) is -1.95. The first-order valence-electron chi connectivity index (χ1n) is 5.72. The van der Waals surface area contributed by atoms with Gasteiger partial charge in [0.25, 0.3) is 0 Å². The van der Waals surface area contributed by atoms with Gasteiger partial charge in [0, 0.05) is 0 Å². The first kappa shape index (κ1) is 14.3. The number of hydrogen-bond donors (Lipinski definition) is 1. The topological polar surface area (TPSA) is 35.2 Å². The van der Waals surface area contributed by atoms with E-state index in [1.54, 1.807) is 0 Å². The summed E-state index contributed by atoms with van der Waals surface area (Å²) in [5, 5.41) is 0. The molecular weight excluding hydrogens is 274 g/mol. The maximum absolute atomic E-state index is 13.1. The molecule has 106 valence electrons. The Morgan fingerprint density at radius 3 is 2.00 bits per heavy atom. The van der Waals surface area contributed by atoms with E-state index in [2.05, 4.69) is 4.74 Å². The molecule has 0 saturated carbocycles. The van der Waals surface area contributed by atoms with Crippen molar-refractivity contribution in [2.75, 3.05) is 0 Å². The summed E-state index contributed by atoms with van der Waals surface area (Å²) >= 11 is 0. The van der Waals surface area contributed by atoms with Crippen LogP contribution in [0.15, 0.2) is 42.5 Å². The fourth-order valence-corrected chi connectivity index (χ4v) is 1.75. The van der Waals surface area contributed by atoms with Crippen molar-refractivity contribution in [1.82, 2.24) is 0 Å². The maximum atomic E-state index is 13.1. The predicted octanol–water partition coefficient (Wildman–Crippen LogP) is 3.61. The van der Waals surface area contributed by atoms with Crippen LogP contribution >= 0.6 is 0 Å². The number of benzene rings is 2. The van der Waals surface area contributed by atoms with Gasteiger partial charge in [0.2, 0.25) is 0 Å². The van der Waals surface area contributed by atoms with E-state index in [1.807, 2.05) is 0 Å². The first-order chi connectivity index (χ1) is 9.47. The lowest BCUT2D eigenvalue weighted by Crippen LogP contribution is -2.12. The molecule has 0 aliphatic carbocycles. The smallest absolute Gasteiger partial charge is 0.387 e. The molecule has 2 nitrogen and oxygen atoms in total. The van der Waals surface area contributed by atoms with Crippen LogP contribution in [0.1, 0.15) is 17.2 Å². The Balaban J connectivity index is 2.20. The minimum Gasteiger partial charge on any atom is -0.435 e. The van der Waals surface area contributed by atoms with E-state index >= 15 is 0 Å². The molecule has 0 fully saturated rings. The van der Waals surface area contributed by atoms with Crippen molar-refractivity contribution < 1.29 is 22.3 Å². The van der Waals surface area contributed by atoms with Gasteiger partial charge in [-0.25, -0.2) is 8.78 Å². The molecule has 0 aromatic heterocycles. The minimum absolute atomic E-state index is 0.00115. The highest BCUT2D eigenvalue weighted by atomic mass is 19.3. The summed E-state index contributed by atoms with van der Waals surface area (Å²) in [6.45, 7) is -2.90. The lowest BCUT2D eigenvalue weighted by molar-refractivity contribution is -0.0498. The van der Waals surface area contributed by atoms with Gasteiger partial charge in [-0.1, -0.05) is 18.2 Å². The zero-order valence-corrected chi connectivity index (χ0v) is 10.2. The predicted molar refractivity (Wildman–Crippen MR) is 65.5 cm³/mol. The van der Waals surface area contributed by atoms with Gasteiger partial charge in [-0.3, -0.25) is 0 Å². The monoisotopic (exact) mass is 285 g/mol. The van der Waals surface area contributed by atoms with Gasteiger partial charge in [-0.15, -0.1) is 0 Å². The van der Waals surface area contributed by atoms with E-state index in [-0.39, 0.29) is 5.75 Å². The van der Waals surface area contributed by atoms with Crippen LogP contribution in [0.5, 0.6) is 5.75 Å². The Hall–Kier alpha value is -2.08. The molecule has 6 heteroatoms. The number of halogens is 4. The number of rotatable bonds is 4. The Kier molecular flexibility index (Phi) is 4.24. The molecule has 20 heavy (non-hydrogen) atoms. The molecular formula is C14H11F4NO. The molecule has 0 saturated heterocycles. The summed E-state index contributed by atoms with van der Waals surface area (Å²) in [6.07, 6.45) is 0. The molecule has 2 aromatic carbocycles. The summed E-state index contributed by atoms with van der Waals surface area (Å²) in [5.41, 5.74) is 6.86. The summed E-state index contributed by atoms with van der Waals surface area (Å²) in [6, 6.07) is 8.32. The van der Waals surface area contributed by atoms with Crippen LogP contribution in [0.3, 0.4) is 0 Å². The van der Waals surface area contributed by atoms with E-state index in [0.717, 1.165) is 12.1 Å². The van der Waals surface area contributed by atoms with Crippen molar-refractivity contribution in [1.29, 1.82) is 0 Å². The molecule has 0 bridgehead atoms. The molecule has 1 unspecified atom stereocenters. The Morgan fingerprint density at radius 2 is 1.45 bits per heavy atom. The Labute approximate surface area is 112 Å². The average molecular weight is 285 g/mol. The van der Waals surface area contributed by atoms with Gasteiger partial charge in [0.15, 0.2) is 11.6 Å². The zero-order chi connectivity index (χ0) is 14.7. The number of nitrogens with two attached hydrogens (primary N) is 1. The molecule has 1 atom stereocenters. The number of ether oxygens (including phenoxy) is 1. The van der Waals surface area contributed by atoms with Gasteiger partial charge in [-0.2, -0.15) is 8.78 Å². The second-order valence-electron chi connectivity index (χ2n) is 4.10. The molecule has 2 N–H and O–H groups in total. The van der Waals surface area contributed by atoms with E-state index in [9.17, 15) is 17.6 Å². The van der Waals surface area contributed by atoms with Crippen molar-refractivity contribution in [3.05, 3.63) is 65.2 Å². The van der Waals surface area contributed by atoms with Gasteiger partial charge < -0.3 is 10.5 Å². The standard InChI is InChI=1S/C14H11F4NO/c15-11-6-3-9(7-12(11)16)13(19)8-1-4-10(5-2-8)20-14(17)18/h1-7,13-14H,19H2. The minimum atomic E-state index is -2.90. The molecule has 2 rings (SSSR count). The highest BCUT2D eigenvalue weighted by molar-refractivity contribution is 5.35. The third-order valence-corrected chi connectivity index (χ3v) is 2.77. The van der Waals surface area contributed by atoms with E-state index < -0.39 is 24.3 Å². The number of alkyl halides is 2. The molecule has 0 aliphatic heterocycles. The average Bonchev–Trinajstić information content (AvgIpc) is 2.41. The first-order valence-corrected chi connectivity index (χ1v) is 5.72. The molecule has 0 amide bonds. The van der Waals surface area contributed by atoms with Crippen LogP contribution in [0, 0.1) is 11.6 Å². The largest absolute Gasteiger partial charge is 0.435 e.